The number of methoxy groups -OCH3 is 1. The van der Waals surface area contributed by atoms with Gasteiger partial charge in [-0.15, -0.1) is 0 Å². The van der Waals surface area contributed by atoms with Gasteiger partial charge < -0.3 is 24.3 Å². The molecule has 1 aromatic carbocycles. The number of hydrogen-bond acceptors (Lipinski definition) is 6. The van der Waals surface area contributed by atoms with Crippen molar-refractivity contribution in [1.82, 2.24) is 10.3 Å². The van der Waals surface area contributed by atoms with Crippen LogP contribution in [0.2, 0.25) is 0 Å². The second-order valence-corrected chi connectivity index (χ2v) is 7.87. The molecule has 1 fully saturated rings. The maximum Gasteiger partial charge on any atom is 0.407 e. The van der Waals surface area contributed by atoms with Gasteiger partial charge in [0.05, 0.1) is 25.9 Å². The number of fused-ring (bicyclic) bond motifs is 1. The van der Waals surface area contributed by atoms with Crippen molar-refractivity contribution < 1.29 is 23.7 Å². The molecule has 152 valence electrons. The summed E-state index contributed by atoms with van der Waals surface area (Å²) >= 11 is 0. The number of rotatable bonds is 5. The summed E-state index contributed by atoms with van der Waals surface area (Å²) in [6.07, 6.45) is 1.17. The molecule has 7 heteroatoms. The molecule has 1 saturated heterocycles. The smallest absolute Gasteiger partial charge is 0.407 e. The number of carbonyl (C=O) groups excluding carboxylic acids is 1. The Morgan fingerprint density at radius 2 is 2.07 bits per heavy atom. The van der Waals surface area contributed by atoms with Crippen LogP contribution < -0.4 is 14.8 Å². The monoisotopic (exact) mass is 388 g/mol. The number of para-hydroxylation sites is 1. The summed E-state index contributed by atoms with van der Waals surface area (Å²) in [5, 5.41) is 3.85. The number of amides is 1. The Hall–Kier alpha value is -2.54. The summed E-state index contributed by atoms with van der Waals surface area (Å²) in [5.74, 6) is 1.25. The van der Waals surface area contributed by atoms with E-state index >= 15 is 0 Å². The highest BCUT2D eigenvalue weighted by atomic mass is 16.6. The van der Waals surface area contributed by atoms with E-state index in [1.165, 1.54) is 0 Å². The van der Waals surface area contributed by atoms with Crippen molar-refractivity contribution >= 4 is 17.0 Å². The second kappa shape index (κ2) is 8.65. The lowest BCUT2D eigenvalue weighted by Crippen LogP contribution is -2.45. The van der Waals surface area contributed by atoms with Gasteiger partial charge in [0.25, 0.3) is 0 Å². The lowest BCUT2D eigenvalue weighted by Gasteiger charge is -2.30. The molecule has 3 rings (SSSR count). The molecular formula is C21H28N2O5. The Bertz CT molecular complexity index is 810. The van der Waals surface area contributed by atoms with Crippen molar-refractivity contribution in [2.45, 2.75) is 51.4 Å². The minimum atomic E-state index is -0.509. The molecular weight excluding hydrogens is 360 g/mol. The van der Waals surface area contributed by atoms with Gasteiger partial charge in [0.1, 0.15) is 23.5 Å². The number of carbonyl (C=O) groups is 1. The van der Waals surface area contributed by atoms with Crippen LogP contribution in [0.3, 0.4) is 0 Å². The first kappa shape index (κ1) is 20.2. The molecule has 1 aromatic heterocycles. The van der Waals surface area contributed by atoms with Crippen molar-refractivity contribution in [3.05, 3.63) is 30.3 Å². The number of nitrogens with zero attached hydrogens (tertiary/aromatic N) is 1. The van der Waals surface area contributed by atoms with E-state index in [-0.39, 0.29) is 12.1 Å². The van der Waals surface area contributed by atoms with Crippen LogP contribution in [0.4, 0.5) is 4.79 Å². The molecule has 7 nitrogen and oxygen atoms in total. The van der Waals surface area contributed by atoms with Gasteiger partial charge in [-0.3, -0.25) is 0 Å². The van der Waals surface area contributed by atoms with E-state index in [1.807, 2.05) is 51.1 Å². The first-order chi connectivity index (χ1) is 13.3. The summed E-state index contributed by atoms with van der Waals surface area (Å²) in [7, 11) is 1.59. The summed E-state index contributed by atoms with van der Waals surface area (Å²) in [6.45, 7) is 6.39. The molecule has 0 spiro atoms. The first-order valence-electron chi connectivity index (χ1n) is 9.52. The largest absolute Gasteiger partial charge is 0.489 e. The van der Waals surface area contributed by atoms with E-state index in [4.69, 9.17) is 18.9 Å². The molecule has 0 aliphatic carbocycles. The number of aromatic nitrogens is 1. The third-order valence-corrected chi connectivity index (χ3v) is 4.38. The second-order valence-electron chi connectivity index (χ2n) is 7.87. The lowest BCUT2D eigenvalue weighted by atomic mass is 10.1. The Kier molecular flexibility index (Phi) is 6.24. The van der Waals surface area contributed by atoms with Crippen molar-refractivity contribution in [3.8, 4) is 11.6 Å². The zero-order chi connectivity index (χ0) is 20.1. The summed E-state index contributed by atoms with van der Waals surface area (Å²) < 4.78 is 22.3. The first-order valence-corrected chi connectivity index (χ1v) is 9.52. The number of benzene rings is 1. The standard InChI is InChI=1S/C21H28N2O5/c1-21(2,3)28-20(24)22-15-9-10-16(26-12-15)13-27-17-7-5-6-14-8-11-18(25-4)23-19(14)17/h5-8,11,15-16H,9-10,12-13H2,1-4H3,(H,22,24)/t15-,16+/m1/s1. The fraction of sp³-hybridized carbons (Fsp3) is 0.524. The Morgan fingerprint density at radius 3 is 2.75 bits per heavy atom. The number of ether oxygens (including phenoxy) is 4. The zero-order valence-electron chi connectivity index (χ0n) is 16.9. The van der Waals surface area contributed by atoms with Crippen LogP contribution in [-0.2, 0) is 9.47 Å². The van der Waals surface area contributed by atoms with Crippen LogP contribution in [0, 0.1) is 0 Å². The van der Waals surface area contributed by atoms with Gasteiger partial charge in [-0.25, -0.2) is 9.78 Å². The maximum absolute atomic E-state index is 11.9. The zero-order valence-corrected chi connectivity index (χ0v) is 16.9. The molecule has 0 unspecified atom stereocenters. The van der Waals surface area contributed by atoms with E-state index < -0.39 is 11.7 Å². The van der Waals surface area contributed by atoms with E-state index in [9.17, 15) is 4.79 Å². The fourth-order valence-corrected chi connectivity index (χ4v) is 3.04. The van der Waals surface area contributed by atoms with Gasteiger partial charge in [-0.2, -0.15) is 0 Å². The molecule has 2 aromatic rings. The lowest BCUT2D eigenvalue weighted by molar-refractivity contribution is -0.0283. The number of alkyl carbamates (subject to hydrolysis) is 1. The molecule has 1 aliphatic heterocycles. The number of hydrogen-bond donors (Lipinski definition) is 1. The third kappa shape index (κ3) is 5.48. The number of nitrogens with one attached hydrogen (secondary N) is 1. The number of pyridine rings is 1. The van der Waals surface area contributed by atoms with Crippen molar-refractivity contribution in [3.63, 3.8) is 0 Å². The van der Waals surface area contributed by atoms with Gasteiger partial charge in [0, 0.05) is 11.5 Å². The third-order valence-electron chi connectivity index (χ3n) is 4.38. The van der Waals surface area contributed by atoms with Crippen LogP contribution in [0.1, 0.15) is 33.6 Å². The van der Waals surface area contributed by atoms with Gasteiger partial charge >= 0.3 is 6.09 Å². The SMILES string of the molecule is COc1ccc2cccc(OC[C@@H]3CC[C@@H](NC(=O)OC(C)(C)C)CO3)c2n1. The van der Waals surface area contributed by atoms with Crippen LogP contribution in [0.15, 0.2) is 30.3 Å². The minimum Gasteiger partial charge on any atom is -0.489 e. The highest BCUT2D eigenvalue weighted by molar-refractivity contribution is 5.84. The van der Waals surface area contributed by atoms with E-state index in [2.05, 4.69) is 10.3 Å². The predicted octanol–water partition coefficient (Wildman–Crippen LogP) is 3.69. The quantitative estimate of drug-likeness (QED) is 0.841. The average Bonchev–Trinajstić information content (AvgIpc) is 2.65. The van der Waals surface area contributed by atoms with Gasteiger partial charge in [0.2, 0.25) is 5.88 Å². The molecule has 0 bridgehead atoms. The van der Waals surface area contributed by atoms with Crippen LogP contribution in [0.5, 0.6) is 11.6 Å². The van der Waals surface area contributed by atoms with Gasteiger partial charge in [-0.1, -0.05) is 12.1 Å². The fourth-order valence-electron chi connectivity index (χ4n) is 3.04. The Balaban J connectivity index is 1.51. The van der Waals surface area contributed by atoms with Crippen LogP contribution >= 0.6 is 0 Å². The molecule has 28 heavy (non-hydrogen) atoms. The van der Waals surface area contributed by atoms with Crippen molar-refractivity contribution in [1.29, 1.82) is 0 Å². The molecule has 0 saturated carbocycles. The van der Waals surface area contributed by atoms with Crippen LogP contribution in [0.25, 0.3) is 10.9 Å². The molecule has 0 radical (unpaired) electrons. The molecule has 2 heterocycles. The highest BCUT2D eigenvalue weighted by Gasteiger charge is 2.25. The molecule has 1 amide bonds. The van der Waals surface area contributed by atoms with Crippen LogP contribution in [-0.4, -0.2) is 49.1 Å². The van der Waals surface area contributed by atoms with E-state index in [0.29, 0.717) is 24.8 Å². The summed E-state index contributed by atoms with van der Waals surface area (Å²) in [5.41, 5.74) is 0.257. The Labute approximate surface area is 165 Å². The highest BCUT2D eigenvalue weighted by Crippen LogP contribution is 2.26. The minimum absolute atomic E-state index is 0.0300. The molecule has 2 atom stereocenters. The van der Waals surface area contributed by atoms with Gasteiger partial charge in [-0.05, 0) is 45.7 Å². The van der Waals surface area contributed by atoms with Crippen molar-refractivity contribution in [2.75, 3.05) is 20.3 Å². The predicted molar refractivity (Wildman–Crippen MR) is 106 cm³/mol. The molecule has 1 aliphatic rings. The van der Waals surface area contributed by atoms with Gasteiger partial charge in [0.15, 0.2) is 0 Å². The summed E-state index contributed by atoms with van der Waals surface area (Å²) in [6, 6.07) is 9.55. The van der Waals surface area contributed by atoms with Crippen molar-refractivity contribution in [2.24, 2.45) is 0 Å². The maximum atomic E-state index is 11.9. The topological polar surface area (TPSA) is 78.9 Å². The molecule has 1 N–H and O–H groups in total. The van der Waals surface area contributed by atoms with E-state index in [0.717, 1.165) is 23.7 Å². The average molecular weight is 388 g/mol. The normalized spacial score (nSPS) is 19.9. The summed E-state index contributed by atoms with van der Waals surface area (Å²) in [4.78, 5) is 16.3. The Morgan fingerprint density at radius 1 is 1.25 bits per heavy atom. The van der Waals surface area contributed by atoms with E-state index in [1.54, 1.807) is 7.11 Å².